The third-order valence-corrected chi connectivity index (χ3v) is 6.12. The fraction of sp³-hybridized carbons (Fsp3) is 0.154. The predicted molar refractivity (Wildman–Crippen MR) is 130 cm³/mol. The second-order valence-electron chi connectivity index (χ2n) is 7.46. The van der Waals surface area contributed by atoms with Crippen molar-refractivity contribution in [3.63, 3.8) is 0 Å². The third kappa shape index (κ3) is 5.03. The van der Waals surface area contributed by atoms with E-state index < -0.39 is 0 Å². The van der Waals surface area contributed by atoms with Gasteiger partial charge < -0.3 is 9.84 Å². The van der Waals surface area contributed by atoms with Crippen LogP contribution in [0.4, 0.5) is 5.69 Å². The molecule has 1 aliphatic heterocycles. The largest absolute Gasteiger partial charge is 0.504 e. The number of ether oxygens (including phenoxy) is 1. The topological polar surface area (TPSA) is 62.1 Å². The summed E-state index contributed by atoms with van der Waals surface area (Å²) in [5, 5.41) is 10.5. The summed E-state index contributed by atoms with van der Waals surface area (Å²) in [5.41, 5.74) is 3.91. The maximum Gasteiger partial charge on any atom is 0.266 e. The minimum absolute atomic E-state index is 0.0613. The number of rotatable bonds is 6. The molecule has 1 aliphatic rings. The highest BCUT2D eigenvalue weighted by Gasteiger charge is 2.33. The first-order valence-electron chi connectivity index (χ1n) is 10.3. The molecule has 0 aliphatic carbocycles. The van der Waals surface area contributed by atoms with Crippen LogP contribution in [-0.2, 0) is 11.2 Å². The number of amidine groups is 1. The number of benzene rings is 3. The zero-order valence-electron chi connectivity index (χ0n) is 18.0. The van der Waals surface area contributed by atoms with Crippen molar-refractivity contribution in [1.82, 2.24) is 4.90 Å². The minimum atomic E-state index is -0.0798. The fourth-order valence-corrected chi connectivity index (χ4v) is 4.36. The molecule has 32 heavy (non-hydrogen) atoms. The number of nitrogens with zero attached hydrogens (tertiary/aromatic N) is 2. The number of aryl methyl sites for hydroxylation is 1. The molecular formula is C26H24N2O3S. The number of amides is 1. The maximum atomic E-state index is 13.3. The highest BCUT2D eigenvalue weighted by atomic mass is 32.2. The average molecular weight is 445 g/mol. The van der Waals surface area contributed by atoms with E-state index in [1.165, 1.54) is 24.4 Å². The number of hydrogen-bond donors (Lipinski definition) is 1. The highest BCUT2D eigenvalue weighted by molar-refractivity contribution is 8.18. The lowest BCUT2D eigenvalue weighted by Gasteiger charge is -2.15. The van der Waals surface area contributed by atoms with Crippen molar-refractivity contribution < 1.29 is 14.6 Å². The van der Waals surface area contributed by atoms with Gasteiger partial charge >= 0.3 is 0 Å². The molecule has 0 aromatic heterocycles. The summed E-state index contributed by atoms with van der Waals surface area (Å²) < 4.78 is 5.19. The normalized spacial score (nSPS) is 16.2. The lowest BCUT2D eigenvalue weighted by atomic mass is 10.1. The van der Waals surface area contributed by atoms with Crippen LogP contribution in [0.15, 0.2) is 82.7 Å². The number of phenolic OH excluding ortho intramolecular Hbond substituents is 1. The van der Waals surface area contributed by atoms with Gasteiger partial charge in [-0.1, -0.05) is 54.1 Å². The molecule has 3 aromatic rings. The Morgan fingerprint density at radius 2 is 1.81 bits per heavy atom. The van der Waals surface area contributed by atoms with Gasteiger partial charge in [-0.2, -0.15) is 0 Å². The monoisotopic (exact) mass is 444 g/mol. The molecule has 0 unspecified atom stereocenters. The summed E-state index contributed by atoms with van der Waals surface area (Å²) in [6, 6.07) is 23.0. The second kappa shape index (κ2) is 9.75. The summed E-state index contributed by atoms with van der Waals surface area (Å²) in [5.74, 6) is 0.347. The van der Waals surface area contributed by atoms with Gasteiger partial charge in [-0.3, -0.25) is 9.69 Å². The van der Waals surface area contributed by atoms with Crippen molar-refractivity contribution in [1.29, 1.82) is 0 Å². The van der Waals surface area contributed by atoms with Gasteiger partial charge in [0.25, 0.3) is 5.91 Å². The Hall–Kier alpha value is -3.51. The second-order valence-corrected chi connectivity index (χ2v) is 8.47. The van der Waals surface area contributed by atoms with Crippen LogP contribution in [0.1, 0.15) is 16.7 Å². The first kappa shape index (κ1) is 21.7. The third-order valence-electron chi connectivity index (χ3n) is 5.12. The number of aliphatic imine (C=N–C) groups is 1. The predicted octanol–water partition coefficient (Wildman–Crippen LogP) is 5.56. The van der Waals surface area contributed by atoms with E-state index in [0.717, 1.165) is 23.2 Å². The quantitative estimate of drug-likeness (QED) is 0.506. The van der Waals surface area contributed by atoms with Crippen LogP contribution in [0.25, 0.3) is 6.08 Å². The smallest absolute Gasteiger partial charge is 0.266 e. The van der Waals surface area contributed by atoms with Gasteiger partial charge in [0.05, 0.1) is 17.7 Å². The molecule has 3 aromatic carbocycles. The molecule has 1 fully saturated rings. The van der Waals surface area contributed by atoms with Crippen LogP contribution in [0.5, 0.6) is 11.5 Å². The van der Waals surface area contributed by atoms with E-state index in [2.05, 4.69) is 12.1 Å². The summed E-state index contributed by atoms with van der Waals surface area (Å²) in [4.78, 5) is 20.4. The van der Waals surface area contributed by atoms with E-state index in [-0.39, 0.29) is 11.7 Å². The molecule has 162 valence electrons. The number of carbonyl (C=O) groups excluding carboxylic acids is 1. The fourth-order valence-electron chi connectivity index (χ4n) is 3.34. The number of hydrogen-bond acceptors (Lipinski definition) is 5. The van der Waals surface area contributed by atoms with E-state index in [9.17, 15) is 9.90 Å². The van der Waals surface area contributed by atoms with Crippen LogP contribution in [-0.4, -0.2) is 34.7 Å². The van der Waals surface area contributed by atoms with E-state index in [1.54, 1.807) is 23.1 Å². The molecular weight excluding hydrogens is 420 g/mol. The number of methoxy groups -OCH3 is 1. The lowest BCUT2D eigenvalue weighted by Crippen LogP contribution is -2.31. The number of thioether (sulfide) groups is 1. The van der Waals surface area contributed by atoms with E-state index in [4.69, 9.17) is 9.73 Å². The van der Waals surface area contributed by atoms with Gasteiger partial charge in [0.15, 0.2) is 16.7 Å². The Morgan fingerprint density at radius 3 is 2.53 bits per heavy atom. The van der Waals surface area contributed by atoms with Gasteiger partial charge in [-0.15, -0.1) is 0 Å². The van der Waals surface area contributed by atoms with Gasteiger partial charge in [0.1, 0.15) is 0 Å². The molecule has 1 amide bonds. The first-order valence-corrected chi connectivity index (χ1v) is 11.1. The molecule has 0 atom stereocenters. The van der Waals surface area contributed by atoms with Gasteiger partial charge in [0, 0.05) is 6.54 Å². The molecule has 4 rings (SSSR count). The molecule has 6 heteroatoms. The molecule has 0 bridgehead atoms. The van der Waals surface area contributed by atoms with Gasteiger partial charge in [-0.25, -0.2) is 4.99 Å². The van der Waals surface area contributed by atoms with Crippen molar-refractivity contribution >= 4 is 34.6 Å². The van der Waals surface area contributed by atoms with E-state index in [0.29, 0.717) is 22.4 Å². The Labute approximate surface area is 192 Å². The zero-order chi connectivity index (χ0) is 22.5. The van der Waals surface area contributed by atoms with E-state index >= 15 is 0 Å². The Bertz CT molecular complexity index is 1170. The SMILES string of the molecule is COc1cc(/C=C2/SC(=Nc3ccc(C)cc3)N(CCc3ccccc3)C2=O)ccc1O. The molecule has 5 nitrogen and oxygen atoms in total. The lowest BCUT2D eigenvalue weighted by molar-refractivity contribution is -0.122. The van der Waals surface area contributed by atoms with Gasteiger partial charge in [-0.05, 0) is 66.6 Å². The molecule has 0 saturated carbocycles. The minimum Gasteiger partial charge on any atom is -0.504 e. The van der Waals surface area contributed by atoms with Crippen LogP contribution < -0.4 is 4.74 Å². The average Bonchev–Trinajstić information content (AvgIpc) is 3.09. The van der Waals surface area contributed by atoms with Crippen molar-refractivity contribution in [2.45, 2.75) is 13.3 Å². The van der Waals surface area contributed by atoms with Crippen LogP contribution >= 0.6 is 11.8 Å². The van der Waals surface area contributed by atoms with Crippen LogP contribution in [0.2, 0.25) is 0 Å². The molecule has 1 heterocycles. The van der Waals surface area contributed by atoms with Gasteiger partial charge in [0.2, 0.25) is 0 Å². The first-order chi connectivity index (χ1) is 15.5. The maximum absolute atomic E-state index is 13.3. The van der Waals surface area contributed by atoms with Crippen molar-refractivity contribution in [2.75, 3.05) is 13.7 Å². The molecule has 1 saturated heterocycles. The number of phenols is 1. The number of aromatic hydroxyl groups is 1. The molecule has 0 spiro atoms. The Morgan fingerprint density at radius 1 is 1.06 bits per heavy atom. The van der Waals surface area contributed by atoms with Crippen LogP contribution in [0, 0.1) is 6.92 Å². The van der Waals surface area contributed by atoms with Crippen LogP contribution in [0.3, 0.4) is 0 Å². The summed E-state index contributed by atoms with van der Waals surface area (Å²) >= 11 is 1.36. The number of carbonyl (C=O) groups is 1. The summed E-state index contributed by atoms with van der Waals surface area (Å²) in [6.45, 7) is 2.57. The standard InChI is InChI=1S/C26H24N2O3S/c1-18-8-11-21(12-9-18)27-26-28(15-14-19-6-4-3-5-7-19)25(30)24(32-26)17-20-10-13-22(29)23(16-20)31-2/h3-13,16-17,29H,14-15H2,1-2H3/b24-17+,27-26?. The van der Waals surface area contributed by atoms with Crippen molar-refractivity contribution in [3.8, 4) is 11.5 Å². The Kier molecular flexibility index (Phi) is 6.61. The molecule has 1 N–H and O–H groups in total. The highest BCUT2D eigenvalue weighted by Crippen LogP contribution is 2.35. The van der Waals surface area contributed by atoms with Crippen molar-refractivity contribution in [3.05, 3.63) is 94.4 Å². The summed E-state index contributed by atoms with van der Waals surface area (Å²) in [6.07, 6.45) is 2.54. The van der Waals surface area contributed by atoms with E-state index in [1.807, 2.05) is 55.5 Å². The summed E-state index contributed by atoms with van der Waals surface area (Å²) in [7, 11) is 1.50. The zero-order valence-corrected chi connectivity index (χ0v) is 18.8. The Balaban J connectivity index is 1.64. The molecule has 0 radical (unpaired) electrons. The van der Waals surface area contributed by atoms with Crippen molar-refractivity contribution in [2.24, 2.45) is 4.99 Å².